The molecule has 1 aromatic heterocycles. The molecule has 0 radical (unpaired) electrons. The second-order valence-corrected chi connectivity index (χ2v) is 10.2. The van der Waals surface area contributed by atoms with Gasteiger partial charge in [0.25, 0.3) is 0 Å². The summed E-state index contributed by atoms with van der Waals surface area (Å²) >= 11 is 12.6. The standard InChI is InChI=1S/C29H30Cl2N2O3/c1-2-25(14-13-24-8-3-4-15-32-24)33-28(19-9-11-22(30)12-10-19)26(20-6-5-7-23(31)16-20)17-21(29(33)36)18-27(34)35/h3-12,15-16,21,25-26,28H,2,13-14,17-18H2,1H3,(H,34,35)/t21?,25?,26-,28-/m1/s1. The molecule has 0 saturated carbocycles. The molecule has 1 fully saturated rings. The number of carbonyl (C=O) groups excluding carboxylic acids is 1. The average molecular weight is 525 g/mol. The van der Waals surface area contributed by atoms with Crippen molar-refractivity contribution in [2.45, 2.75) is 57.0 Å². The summed E-state index contributed by atoms with van der Waals surface area (Å²) in [4.78, 5) is 32.1. The minimum absolute atomic E-state index is 0.0848. The number of carboxylic acids is 1. The van der Waals surface area contributed by atoms with Gasteiger partial charge in [-0.25, -0.2) is 0 Å². The van der Waals surface area contributed by atoms with Gasteiger partial charge < -0.3 is 10.0 Å². The molecule has 7 heteroatoms. The molecule has 1 aliphatic rings. The molecule has 188 valence electrons. The molecule has 0 spiro atoms. The zero-order chi connectivity index (χ0) is 25.7. The van der Waals surface area contributed by atoms with Crippen molar-refractivity contribution in [3.8, 4) is 0 Å². The highest BCUT2D eigenvalue weighted by atomic mass is 35.5. The van der Waals surface area contributed by atoms with E-state index in [4.69, 9.17) is 23.2 Å². The van der Waals surface area contributed by atoms with Crippen LogP contribution >= 0.6 is 23.2 Å². The number of carboxylic acid groups (broad SMARTS) is 1. The first-order valence-electron chi connectivity index (χ1n) is 12.3. The van der Waals surface area contributed by atoms with Gasteiger partial charge in [0.1, 0.15) is 0 Å². The van der Waals surface area contributed by atoms with E-state index in [1.807, 2.05) is 71.6 Å². The Kier molecular flexibility index (Phi) is 8.65. The number of nitrogens with zero attached hydrogens (tertiary/aromatic N) is 2. The molecule has 1 N–H and O–H groups in total. The number of aliphatic carboxylic acids is 1. The number of benzene rings is 2. The lowest BCUT2D eigenvalue weighted by atomic mass is 9.74. The van der Waals surface area contributed by atoms with E-state index in [0.29, 0.717) is 16.5 Å². The highest BCUT2D eigenvalue weighted by molar-refractivity contribution is 6.30. The molecule has 5 nitrogen and oxygen atoms in total. The van der Waals surface area contributed by atoms with Gasteiger partial charge in [0, 0.05) is 39.8 Å². The third-order valence-corrected chi connectivity index (χ3v) is 7.54. The molecule has 1 amide bonds. The van der Waals surface area contributed by atoms with Crippen molar-refractivity contribution in [1.29, 1.82) is 0 Å². The van der Waals surface area contributed by atoms with Crippen molar-refractivity contribution < 1.29 is 14.7 Å². The number of aromatic nitrogens is 1. The summed E-state index contributed by atoms with van der Waals surface area (Å²) in [6.45, 7) is 2.07. The number of aryl methyl sites for hydroxylation is 1. The molecule has 2 aromatic carbocycles. The van der Waals surface area contributed by atoms with Crippen LogP contribution in [-0.2, 0) is 16.0 Å². The summed E-state index contributed by atoms with van der Waals surface area (Å²) in [5.74, 6) is -1.80. The maximum Gasteiger partial charge on any atom is 0.304 e. The van der Waals surface area contributed by atoms with Gasteiger partial charge >= 0.3 is 5.97 Å². The molecule has 4 rings (SSSR count). The normalized spacial score (nSPS) is 20.8. The second kappa shape index (κ2) is 11.9. The lowest BCUT2D eigenvalue weighted by Gasteiger charge is -2.48. The number of likely N-dealkylation sites (tertiary alicyclic amines) is 1. The second-order valence-electron chi connectivity index (χ2n) is 9.36. The molecule has 0 bridgehead atoms. The summed E-state index contributed by atoms with van der Waals surface area (Å²) in [6, 6.07) is 20.8. The molecule has 1 saturated heterocycles. The number of halogens is 2. The third kappa shape index (κ3) is 6.08. The fourth-order valence-corrected chi connectivity index (χ4v) is 5.70. The van der Waals surface area contributed by atoms with E-state index in [1.54, 1.807) is 6.20 Å². The molecule has 3 aromatic rings. The van der Waals surface area contributed by atoms with Crippen LogP contribution in [0.2, 0.25) is 10.0 Å². The summed E-state index contributed by atoms with van der Waals surface area (Å²) in [5.41, 5.74) is 2.94. The largest absolute Gasteiger partial charge is 0.481 e. The fourth-order valence-electron chi connectivity index (χ4n) is 5.38. The Balaban J connectivity index is 1.79. The quantitative estimate of drug-likeness (QED) is 0.328. The maximum absolute atomic E-state index is 14.0. The molecule has 4 atom stereocenters. The average Bonchev–Trinajstić information content (AvgIpc) is 2.87. The summed E-state index contributed by atoms with van der Waals surface area (Å²) in [6.07, 6.45) is 4.21. The van der Waals surface area contributed by atoms with E-state index in [-0.39, 0.29) is 30.3 Å². The van der Waals surface area contributed by atoms with E-state index in [0.717, 1.165) is 36.1 Å². The minimum atomic E-state index is -0.968. The maximum atomic E-state index is 14.0. The third-order valence-electron chi connectivity index (χ3n) is 7.06. The smallest absolute Gasteiger partial charge is 0.304 e. The van der Waals surface area contributed by atoms with Gasteiger partial charge in [-0.05, 0) is 73.2 Å². The minimum Gasteiger partial charge on any atom is -0.481 e. The van der Waals surface area contributed by atoms with Gasteiger partial charge in [-0.1, -0.05) is 60.5 Å². The molecule has 2 heterocycles. The van der Waals surface area contributed by atoms with Crippen LogP contribution < -0.4 is 0 Å². The molecule has 0 aliphatic carbocycles. The zero-order valence-electron chi connectivity index (χ0n) is 20.2. The van der Waals surface area contributed by atoms with E-state index < -0.39 is 11.9 Å². The van der Waals surface area contributed by atoms with Gasteiger partial charge in [0.05, 0.1) is 12.5 Å². The lowest BCUT2D eigenvalue weighted by Crippen LogP contribution is -2.52. The monoisotopic (exact) mass is 524 g/mol. The van der Waals surface area contributed by atoms with Crippen LogP contribution in [0.15, 0.2) is 72.9 Å². The summed E-state index contributed by atoms with van der Waals surface area (Å²) < 4.78 is 0. The molecule has 2 unspecified atom stereocenters. The van der Waals surface area contributed by atoms with Crippen LogP contribution in [0.3, 0.4) is 0 Å². The van der Waals surface area contributed by atoms with Crippen LogP contribution in [0.25, 0.3) is 0 Å². The first-order chi connectivity index (χ1) is 17.4. The Morgan fingerprint density at radius 1 is 1.06 bits per heavy atom. The van der Waals surface area contributed by atoms with E-state index in [9.17, 15) is 14.7 Å². The lowest BCUT2D eigenvalue weighted by molar-refractivity contribution is -0.152. The van der Waals surface area contributed by atoms with Crippen molar-refractivity contribution in [2.75, 3.05) is 0 Å². The van der Waals surface area contributed by atoms with Crippen LogP contribution in [0, 0.1) is 5.92 Å². The summed E-state index contributed by atoms with van der Waals surface area (Å²) in [7, 11) is 0. The molecule has 1 aliphatic heterocycles. The van der Waals surface area contributed by atoms with Crippen molar-refractivity contribution in [3.63, 3.8) is 0 Å². The Hall–Kier alpha value is -2.89. The number of pyridine rings is 1. The Bertz CT molecular complexity index is 1190. The predicted molar refractivity (Wildman–Crippen MR) is 142 cm³/mol. The van der Waals surface area contributed by atoms with Crippen molar-refractivity contribution in [3.05, 3.63) is 99.8 Å². The Labute approximate surface area is 222 Å². The SMILES string of the molecule is CCC(CCc1ccccn1)N1C(=O)C(CC(=O)O)C[C@H](c2cccc(Cl)c2)[C@H]1c1ccc(Cl)cc1. The number of carbonyl (C=O) groups is 2. The number of hydrogen-bond donors (Lipinski definition) is 1. The number of amides is 1. The van der Waals surface area contributed by atoms with Gasteiger partial charge in [0.15, 0.2) is 0 Å². The number of rotatable bonds is 9. The number of piperidine rings is 1. The van der Waals surface area contributed by atoms with Gasteiger partial charge in [-0.2, -0.15) is 0 Å². The van der Waals surface area contributed by atoms with E-state index in [2.05, 4.69) is 11.9 Å². The molecule has 36 heavy (non-hydrogen) atoms. The Morgan fingerprint density at radius 3 is 2.47 bits per heavy atom. The van der Waals surface area contributed by atoms with Gasteiger partial charge in [0.2, 0.25) is 5.91 Å². The van der Waals surface area contributed by atoms with Crippen LogP contribution in [0.1, 0.15) is 61.4 Å². The topological polar surface area (TPSA) is 70.5 Å². The Morgan fingerprint density at radius 2 is 1.83 bits per heavy atom. The molecular formula is C29H30Cl2N2O3. The first-order valence-corrected chi connectivity index (χ1v) is 13.1. The van der Waals surface area contributed by atoms with Crippen molar-refractivity contribution in [2.24, 2.45) is 5.92 Å². The summed E-state index contributed by atoms with van der Waals surface area (Å²) in [5, 5.41) is 10.9. The van der Waals surface area contributed by atoms with Gasteiger partial charge in [-0.3, -0.25) is 14.6 Å². The molecular weight excluding hydrogens is 495 g/mol. The van der Waals surface area contributed by atoms with Crippen molar-refractivity contribution >= 4 is 35.1 Å². The number of hydrogen-bond acceptors (Lipinski definition) is 3. The first kappa shape index (κ1) is 26.2. The van der Waals surface area contributed by atoms with E-state index in [1.165, 1.54) is 0 Å². The van der Waals surface area contributed by atoms with E-state index >= 15 is 0 Å². The fraction of sp³-hybridized carbons (Fsp3) is 0.345. The van der Waals surface area contributed by atoms with Gasteiger partial charge in [-0.15, -0.1) is 0 Å². The predicted octanol–water partition coefficient (Wildman–Crippen LogP) is 6.95. The highest BCUT2D eigenvalue weighted by Crippen LogP contribution is 2.48. The van der Waals surface area contributed by atoms with Crippen LogP contribution in [-0.4, -0.2) is 32.9 Å². The zero-order valence-corrected chi connectivity index (χ0v) is 21.7. The van der Waals surface area contributed by atoms with Crippen LogP contribution in [0.4, 0.5) is 0 Å². The van der Waals surface area contributed by atoms with Crippen LogP contribution in [0.5, 0.6) is 0 Å². The van der Waals surface area contributed by atoms with Crippen molar-refractivity contribution in [1.82, 2.24) is 9.88 Å². The highest BCUT2D eigenvalue weighted by Gasteiger charge is 2.45.